The molecule has 2 N–H and O–H groups in total. The molecule has 0 aliphatic rings. The number of thioether (sulfide) groups is 1. The lowest BCUT2D eigenvalue weighted by Gasteiger charge is -2.10. The molecule has 0 saturated heterocycles. The van der Waals surface area contributed by atoms with Crippen LogP contribution in [0.15, 0.2) is 59.5 Å². The number of carbonyl (C=O) groups is 1. The quantitative estimate of drug-likeness (QED) is 0.516. The molecule has 0 amide bonds. The van der Waals surface area contributed by atoms with Crippen molar-refractivity contribution in [3.63, 3.8) is 0 Å². The molecule has 0 fully saturated rings. The molecule has 0 saturated carbocycles. The topological polar surface area (TPSA) is 43.1 Å². The van der Waals surface area contributed by atoms with E-state index in [0.29, 0.717) is 5.56 Å². The third-order valence-electron chi connectivity index (χ3n) is 2.58. The molecule has 1 atom stereocenters. The predicted octanol–water partition coefficient (Wildman–Crippen LogP) is 3.48. The lowest BCUT2D eigenvalue weighted by molar-refractivity contribution is 0.0982. The summed E-state index contributed by atoms with van der Waals surface area (Å²) in [7, 11) is 0. The fourth-order valence-corrected chi connectivity index (χ4v) is 2.55. The van der Waals surface area contributed by atoms with Gasteiger partial charge < -0.3 is 5.73 Å². The number of benzene rings is 2. The van der Waals surface area contributed by atoms with Crippen molar-refractivity contribution in [3.8, 4) is 0 Å². The number of halogens is 1. The number of ketones is 1. The Morgan fingerprint density at radius 2 is 1.74 bits per heavy atom. The van der Waals surface area contributed by atoms with Gasteiger partial charge in [-0.2, -0.15) is 0 Å². The van der Waals surface area contributed by atoms with E-state index in [9.17, 15) is 9.18 Å². The maximum Gasteiger partial charge on any atom is 0.165 e. The van der Waals surface area contributed by atoms with Gasteiger partial charge in [0.25, 0.3) is 0 Å². The monoisotopic (exact) mass is 275 g/mol. The van der Waals surface area contributed by atoms with Crippen LogP contribution >= 0.6 is 11.8 Å². The van der Waals surface area contributed by atoms with Crippen LogP contribution in [0.4, 0.5) is 4.39 Å². The van der Waals surface area contributed by atoms with Crippen molar-refractivity contribution >= 4 is 17.5 Å². The molecule has 4 heteroatoms. The number of nitrogens with two attached hydrogens (primary N) is 1. The van der Waals surface area contributed by atoms with Crippen molar-refractivity contribution in [2.24, 2.45) is 5.73 Å². The Balaban J connectivity index is 1.93. The van der Waals surface area contributed by atoms with E-state index in [1.54, 1.807) is 0 Å². The highest BCUT2D eigenvalue weighted by Crippen LogP contribution is 2.22. The molecule has 98 valence electrons. The highest BCUT2D eigenvalue weighted by Gasteiger charge is 2.12. The van der Waals surface area contributed by atoms with E-state index in [-0.39, 0.29) is 23.4 Å². The van der Waals surface area contributed by atoms with Gasteiger partial charge in [0.1, 0.15) is 5.82 Å². The Kier molecular flexibility index (Phi) is 4.71. The Morgan fingerprint density at radius 1 is 1.11 bits per heavy atom. The van der Waals surface area contributed by atoms with Gasteiger partial charge in [-0.1, -0.05) is 18.2 Å². The largest absolute Gasteiger partial charge is 0.319 e. The maximum absolute atomic E-state index is 12.8. The van der Waals surface area contributed by atoms with E-state index in [4.69, 9.17) is 5.73 Å². The number of hydrogen-bond acceptors (Lipinski definition) is 3. The van der Waals surface area contributed by atoms with E-state index in [1.807, 2.05) is 30.3 Å². The van der Waals surface area contributed by atoms with Crippen LogP contribution in [-0.4, -0.2) is 11.2 Å². The minimum absolute atomic E-state index is 0.0732. The van der Waals surface area contributed by atoms with E-state index >= 15 is 0 Å². The second-order valence-corrected chi connectivity index (χ2v) is 5.42. The van der Waals surface area contributed by atoms with Gasteiger partial charge in [-0.3, -0.25) is 4.79 Å². The summed E-state index contributed by atoms with van der Waals surface area (Å²) < 4.78 is 12.8. The van der Waals surface area contributed by atoms with E-state index in [1.165, 1.54) is 36.0 Å². The summed E-state index contributed by atoms with van der Waals surface area (Å²) in [5.41, 5.74) is 6.43. The van der Waals surface area contributed by atoms with Crippen LogP contribution in [0.3, 0.4) is 0 Å². The average molecular weight is 275 g/mol. The van der Waals surface area contributed by atoms with Gasteiger partial charge in [0, 0.05) is 16.9 Å². The average Bonchev–Trinajstić information content (AvgIpc) is 2.40. The maximum atomic E-state index is 12.8. The summed E-state index contributed by atoms with van der Waals surface area (Å²) in [6.07, 6.45) is 0.227. The van der Waals surface area contributed by atoms with Crippen LogP contribution in [0.1, 0.15) is 16.8 Å². The van der Waals surface area contributed by atoms with Crippen LogP contribution < -0.4 is 5.73 Å². The summed E-state index contributed by atoms with van der Waals surface area (Å²) in [6.45, 7) is 0. The van der Waals surface area contributed by atoms with Crippen molar-refractivity contribution in [2.45, 2.75) is 16.7 Å². The van der Waals surface area contributed by atoms with Gasteiger partial charge in [-0.05, 0) is 36.4 Å². The Hall–Kier alpha value is -1.65. The first-order valence-corrected chi connectivity index (χ1v) is 6.79. The number of rotatable bonds is 5. The molecular formula is C15H14FNOS. The molecule has 0 bridgehead atoms. The van der Waals surface area contributed by atoms with Gasteiger partial charge in [-0.25, -0.2) is 4.39 Å². The highest BCUT2D eigenvalue weighted by molar-refractivity contribution is 7.99. The second-order valence-electron chi connectivity index (χ2n) is 4.10. The molecule has 0 aliphatic carbocycles. The summed E-state index contributed by atoms with van der Waals surface area (Å²) in [6, 6.07) is 15.2. The fourth-order valence-electron chi connectivity index (χ4n) is 1.65. The predicted molar refractivity (Wildman–Crippen MR) is 75.6 cm³/mol. The third kappa shape index (κ3) is 4.19. The number of Topliss-reactive ketones (excluding diaryl/α,β-unsaturated/α-hetero) is 1. The summed E-state index contributed by atoms with van der Waals surface area (Å²) in [4.78, 5) is 13.0. The zero-order valence-electron chi connectivity index (χ0n) is 10.3. The Labute approximate surface area is 115 Å². The van der Waals surface area contributed by atoms with Crippen LogP contribution in [0, 0.1) is 5.82 Å². The lowest BCUT2D eigenvalue weighted by Crippen LogP contribution is -2.20. The van der Waals surface area contributed by atoms with Crippen LogP contribution in [0.2, 0.25) is 0 Å². The molecule has 2 rings (SSSR count). The van der Waals surface area contributed by atoms with Gasteiger partial charge >= 0.3 is 0 Å². The van der Waals surface area contributed by atoms with Gasteiger partial charge in [-0.15, -0.1) is 11.8 Å². The van der Waals surface area contributed by atoms with Crippen LogP contribution in [0.25, 0.3) is 0 Å². The smallest absolute Gasteiger partial charge is 0.165 e. The number of hydrogen-bond donors (Lipinski definition) is 1. The first-order chi connectivity index (χ1) is 9.15. The Bertz CT molecular complexity index is 542. The summed E-state index contributed by atoms with van der Waals surface area (Å²) in [5.74, 6) is -0.421. The molecule has 2 nitrogen and oxygen atoms in total. The molecule has 0 aliphatic heterocycles. The van der Waals surface area contributed by atoms with Crippen molar-refractivity contribution < 1.29 is 9.18 Å². The highest BCUT2D eigenvalue weighted by atomic mass is 32.2. The molecule has 0 spiro atoms. The van der Waals surface area contributed by atoms with Crippen LogP contribution in [-0.2, 0) is 0 Å². The van der Waals surface area contributed by atoms with Gasteiger partial charge in [0.15, 0.2) is 5.78 Å². The molecule has 0 radical (unpaired) electrons. The van der Waals surface area contributed by atoms with Crippen molar-refractivity contribution in [1.82, 2.24) is 0 Å². The van der Waals surface area contributed by atoms with E-state index < -0.39 is 0 Å². The fraction of sp³-hybridized carbons (Fsp3) is 0.133. The third-order valence-corrected chi connectivity index (χ3v) is 3.60. The second kappa shape index (κ2) is 6.50. The first kappa shape index (κ1) is 13.8. The van der Waals surface area contributed by atoms with Crippen LogP contribution in [0.5, 0.6) is 0 Å². The molecule has 2 aromatic rings. The zero-order valence-corrected chi connectivity index (χ0v) is 11.1. The van der Waals surface area contributed by atoms with Gasteiger partial charge in [0.05, 0.1) is 5.37 Å². The SMILES string of the molecule is NC(CC(=O)c1ccc(F)cc1)Sc1ccccc1. The minimum Gasteiger partial charge on any atom is -0.319 e. The van der Waals surface area contributed by atoms with Crippen molar-refractivity contribution in [1.29, 1.82) is 0 Å². The summed E-state index contributed by atoms with van der Waals surface area (Å²) in [5, 5.41) is -0.306. The molecule has 19 heavy (non-hydrogen) atoms. The molecule has 1 unspecified atom stereocenters. The minimum atomic E-state index is -0.348. The Morgan fingerprint density at radius 3 is 2.37 bits per heavy atom. The first-order valence-electron chi connectivity index (χ1n) is 5.91. The van der Waals surface area contributed by atoms with E-state index in [0.717, 1.165) is 4.90 Å². The lowest BCUT2D eigenvalue weighted by atomic mass is 10.1. The van der Waals surface area contributed by atoms with Gasteiger partial charge in [0.2, 0.25) is 0 Å². The zero-order chi connectivity index (χ0) is 13.7. The molecule has 0 heterocycles. The van der Waals surface area contributed by atoms with E-state index in [2.05, 4.69) is 0 Å². The molecule has 2 aromatic carbocycles. The summed E-state index contributed by atoms with van der Waals surface area (Å²) >= 11 is 1.45. The standard InChI is InChI=1S/C15H14FNOS/c16-12-8-6-11(7-9-12)14(18)10-15(17)19-13-4-2-1-3-5-13/h1-9,15H,10,17H2. The van der Waals surface area contributed by atoms with Crippen molar-refractivity contribution in [3.05, 3.63) is 66.0 Å². The molecule has 0 aromatic heterocycles. The van der Waals surface area contributed by atoms with Crippen molar-refractivity contribution in [2.75, 3.05) is 0 Å². The molecular weight excluding hydrogens is 261 g/mol. The normalized spacial score (nSPS) is 12.1. The number of carbonyl (C=O) groups excluding carboxylic acids is 1.